The van der Waals surface area contributed by atoms with Crippen molar-refractivity contribution in [2.24, 2.45) is 0 Å². The molecule has 0 aliphatic rings. The van der Waals surface area contributed by atoms with Crippen LogP contribution in [0.3, 0.4) is 0 Å². The van der Waals surface area contributed by atoms with E-state index in [9.17, 15) is 4.79 Å². The number of nitrogens with zero attached hydrogens (tertiary/aromatic N) is 1. The summed E-state index contributed by atoms with van der Waals surface area (Å²) < 4.78 is 5.85. The second-order valence-corrected chi connectivity index (χ2v) is 5.41. The molecule has 5 heteroatoms. The van der Waals surface area contributed by atoms with Crippen LogP contribution in [0.5, 0.6) is 0 Å². The molecule has 0 bridgehead atoms. The van der Waals surface area contributed by atoms with E-state index in [-0.39, 0.29) is 5.91 Å². The second-order valence-electron chi connectivity index (χ2n) is 4.62. The number of H-pyrrole nitrogens is 1. The van der Waals surface area contributed by atoms with Gasteiger partial charge in [-0.15, -0.1) is 0 Å². The van der Waals surface area contributed by atoms with Crippen molar-refractivity contribution in [2.45, 2.75) is 6.54 Å². The molecule has 0 saturated heterocycles. The van der Waals surface area contributed by atoms with Gasteiger partial charge in [-0.05, 0) is 39.7 Å². The monoisotopic (exact) mass is 332 g/mol. The number of halogens is 1. The summed E-state index contributed by atoms with van der Waals surface area (Å²) in [5.74, 6) is 0.195. The first kappa shape index (κ1) is 13.0. The van der Waals surface area contributed by atoms with E-state index < -0.39 is 0 Å². The molecule has 20 heavy (non-hydrogen) atoms. The Hall–Kier alpha value is -2.01. The molecule has 3 aromatic rings. The first-order valence-corrected chi connectivity index (χ1v) is 7.00. The summed E-state index contributed by atoms with van der Waals surface area (Å²) in [4.78, 5) is 17.1. The molecule has 0 spiro atoms. The Morgan fingerprint density at radius 1 is 1.30 bits per heavy atom. The molecule has 2 aromatic heterocycles. The van der Waals surface area contributed by atoms with Gasteiger partial charge >= 0.3 is 0 Å². The standard InChI is InChI=1S/C15H13BrN2O2/c1-18(15(19)13-6-7-14(16)20-13)9-10-8-17-12-5-3-2-4-11(10)12/h2-8,17H,9H2,1H3. The van der Waals surface area contributed by atoms with Gasteiger partial charge in [-0.2, -0.15) is 0 Å². The molecule has 1 amide bonds. The Bertz CT molecular complexity index is 760. The minimum absolute atomic E-state index is 0.138. The molecular formula is C15H13BrN2O2. The van der Waals surface area contributed by atoms with Crippen LogP contribution in [0.1, 0.15) is 16.1 Å². The van der Waals surface area contributed by atoms with Gasteiger partial charge < -0.3 is 14.3 Å². The van der Waals surface area contributed by atoms with E-state index in [1.54, 1.807) is 24.1 Å². The van der Waals surface area contributed by atoms with Crippen molar-refractivity contribution >= 4 is 32.7 Å². The van der Waals surface area contributed by atoms with Crippen LogP contribution in [-0.2, 0) is 6.54 Å². The lowest BCUT2D eigenvalue weighted by Gasteiger charge is -2.15. The number of benzene rings is 1. The lowest BCUT2D eigenvalue weighted by atomic mass is 10.1. The number of furan rings is 1. The summed E-state index contributed by atoms with van der Waals surface area (Å²) in [5.41, 5.74) is 2.16. The Labute approximate surface area is 124 Å². The summed E-state index contributed by atoms with van der Waals surface area (Å²) in [6.45, 7) is 0.529. The predicted molar refractivity (Wildman–Crippen MR) is 80.5 cm³/mol. The van der Waals surface area contributed by atoms with E-state index in [2.05, 4.69) is 20.9 Å². The van der Waals surface area contributed by atoms with E-state index in [0.29, 0.717) is 17.0 Å². The minimum atomic E-state index is -0.138. The summed E-state index contributed by atoms with van der Waals surface area (Å²) in [6.07, 6.45) is 1.94. The average Bonchev–Trinajstić information content (AvgIpc) is 3.05. The summed E-state index contributed by atoms with van der Waals surface area (Å²) >= 11 is 3.20. The fourth-order valence-electron chi connectivity index (χ4n) is 2.21. The third-order valence-electron chi connectivity index (χ3n) is 3.21. The minimum Gasteiger partial charge on any atom is -0.444 e. The van der Waals surface area contributed by atoms with Crippen LogP contribution in [0.2, 0.25) is 0 Å². The van der Waals surface area contributed by atoms with E-state index >= 15 is 0 Å². The number of para-hydroxylation sites is 1. The molecule has 0 radical (unpaired) electrons. The van der Waals surface area contributed by atoms with Crippen LogP contribution in [0, 0.1) is 0 Å². The fraction of sp³-hybridized carbons (Fsp3) is 0.133. The molecule has 1 N–H and O–H groups in total. The number of amides is 1. The lowest BCUT2D eigenvalue weighted by molar-refractivity contribution is 0.0752. The first-order valence-electron chi connectivity index (χ1n) is 6.21. The number of carbonyl (C=O) groups excluding carboxylic acids is 1. The molecular weight excluding hydrogens is 320 g/mol. The molecule has 0 unspecified atom stereocenters. The highest BCUT2D eigenvalue weighted by Gasteiger charge is 2.17. The normalized spacial score (nSPS) is 10.9. The molecule has 0 fully saturated rings. The third-order valence-corrected chi connectivity index (χ3v) is 3.64. The zero-order chi connectivity index (χ0) is 14.1. The lowest BCUT2D eigenvalue weighted by Crippen LogP contribution is -2.25. The van der Waals surface area contributed by atoms with Gasteiger partial charge in [0.2, 0.25) is 0 Å². The van der Waals surface area contributed by atoms with Crippen molar-refractivity contribution in [3.05, 3.63) is 58.6 Å². The zero-order valence-corrected chi connectivity index (χ0v) is 12.5. The van der Waals surface area contributed by atoms with Crippen molar-refractivity contribution in [3.8, 4) is 0 Å². The molecule has 0 saturated carbocycles. The highest BCUT2D eigenvalue weighted by atomic mass is 79.9. The van der Waals surface area contributed by atoms with Crippen molar-refractivity contribution in [2.75, 3.05) is 7.05 Å². The first-order chi connectivity index (χ1) is 9.65. The number of aromatic nitrogens is 1. The summed E-state index contributed by atoms with van der Waals surface area (Å²) in [5, 5.41) is 1.13. The molecule has 3 rings (SSSR count). The number of aromatic amines is 1. The highest BCUT2D eigenvalue weighted by molar-refractivity contribution is 9.10. The van der Waals surface area contributed by atoms with Crippen molar-refractivity contribution < 1.29 is 9.21 Å². The van der Waals surface area contributed by atoms with E-state index in [4.69, 9.17) is 4.42 Å². The van der Waals surface area contributed by atoms with Gasteiger partial charge in [0, 0.05) is 30.7 Å². The molecule has 0 aliphatic heterocycles. The van der Waals surface area contributed by atoms with Gasteiger partial charge in [0.05, 0.1) is 0 Å². The predicted octanol–water partition coefficient (Wildman–Crippen LogP) is 3.80. The van der Waals surface area contributed by atoms with Crippen LogP contribution in [0.4, 0.5) is 0 Å². The molecule has 102 valence electrons. The van der Waals surface area contributed by atoms with Crippen LogP contribution in [0.25, 0.3) is 10.9 Å². The highest BCUT2D eigenvalue weighted by Crippen LogP contribution is 2.20. The Morgan fingerprint density at radius 2 is 2.10 bits per heavy atom. The average molecular weight is 333 g/mol. The molecule has 1 aromatic carbocycles. The Balaban J connectivity index is 1.82. The zero-order valence-electron chi connectivity index (χ0n) is 10.9. The second kappa shape index (κ2) is 5.17. The van der Waals surface area contributed by atoms with Crippen LogP contribution in [-0.4, -0.2) is 22.8 Å². The number of nitrogens with one attached hydrogen (secondary N) is 1. The van der Waals surface area contributed by atoms with Gasteiger partial charge in [-0.25, -0.2) is 0 Å². The van der Waals surface area contributed by atoms with E-state index in [1.807, 2.05) is 30.5 Å². The maximum absolute atomic E-state index is 12.2. The Kier molecular flexibility index (Phi) is 3.36. The maximum atomic E-state index is 12.2. The van der Waals surface area contributed by atoms with Crippen LogP contribution in [0.15, 0.2) is 51.7 Å². The van der Waals surface area contributed by atoms with Crippen molar-refractivity contribution in [3.63, 3.8) is 0 Å². The van der Waals surface area contributed by atoms with Gasteiger partial charge in [-0.1, -0.05) is 18.2 Å². The van der Waals surface area contributed by atoms with Gasteiger partial charge in [0.1, 0.15) is 0 Å². The van der Waals surface area contributed by atoms with Crippen molar-refractivity contribution in [1.82, 2.24) is 9.88 Å². The fourth-order valence-corrected chi connectivity index (χ4v) is 2.51. The van der Waals surface area contributed by atoms with E-state index in [1.165, 1.54) is 0 Å². The Morgan fingerprint density at radius 3 is 2.85 bits per heavy atom. The SMILES string of the molecule is CN(Cc1c[nH]c2ccccc12)C(=O)c1ccc(Br)o1. The van der Waals surface area contributed by atoms with Crippen molar-refractivity contribution in [1.29, 1.82) is 0 Å². The topological polar surface area (TPSA) is 49.2 Å². The van der Waals surface area contributed by atoms with Gasteiger partial charge in [0.25, 0.3) is 5.91 Å². The molecule has 0 atom stereocenters. The number of fused-ring (bicyclic) bond motifs is 1. The smallest absolute Gasteiger partial charge is 0.289 e. The molecule has 2 heterocycles. The maximum Gasteiger partial charge on any atom is 0.289 e. The van der Waals surface area contributed by atoms with E-state index in [0.717, 1.165) is 16.5 Å². The quantitative estimate of drug-likeness (QED) is 0.793. The molecule has 0 aliphatic carbocycles. The third kappa shape index (κ3) is 2.36. The van der Waals surface area contributed by atoms with Crippen LogP contribution < -0.4 is 0 Å². The summed E-state index contributed by atoms with van der Waals surface area (Å²) in [6, 6.07) is 11.4. The number of hydrogen-bond donors (Lipinski definition) is 1. The summed E-state index contributed by atoms with van der Waals surface area (Å²) in [7, 11) is 1.76. The number of hydrogen-bond acceptors (Lipinski definition) is 2. The largest absolute Gasteiger partial charge is 0.444 e. The molecule has 4 nitrogen and oxygen atoms in total. The van der Waals surface area contributed by atoms with Gasteiger partial charge in [-0.3, -0.25) is 4.79 Å². The van der Waals surface area contributed by atoms with Gasteiger partial charge in [0.15, 0.2) is 10.4 Å². The number of carbonyl (C=O) groups is 1. The number of rotatable bonds is 3. The van der Waals surface area contributed by atoms with Crippen LogP contribution >= 0.6 is 15.9 Å².